The number of hydrogen-bond acceptors (Lipinski definition) is 7. The lowest BCUT2D eigenvalue weighted by Crippen LogP contribution is -2.61. The zero-order valence-corrected chi connectivity index (χ0v) is 26.2. The summed E-state index contributed by atoms with van der Waals surface area (Å²) in [6.07, 6.45) is 5.07. The Morgan fingerprint density at radius 2 is 1.74 bits per heavy atom. The van der Waals surface area contributed by atoms with Crippen LogP contribution in [-0.2, 0) is 4.79 Å². The van der Waals surface area contributed by atoms with Gasteiger partial charge in [-0.3, -0.25) is 9.59 Å². The van der Waals surface area contributed by atoms with E-state index in [1.165, 1.54) is 0 Å². The third kappa shape index (κ3) is 7.41. The van der Waals surface area contributed by atoms with Gasteiger partial charge in [-0.1, -0.05) is 38.8 Å². The van der Waals surface area contributed by atoms with Crippen LogP contribution in [0.15, 0.2) is 24.3 Å². The molecule has 2 bridgehead atoms. The summed E-state index contributed by atoms with van der Waals surface area (Å²) in [7, 11) is 0. The molecule has 5 fully saturated rings. The Kier molecular flexibility index (Phi) is 10.8. The third-order valence-electron chi connectivity index (χ3n) is 11.2. The molecule has 0 spiro atoms. The van der Waals surface area contributed by atoms with Gasteiger partial charge in [0.15, 0.2) is 0 Å². The lowest BCUT2D eigenvalue weighted by Gasteiger charge is -2.42. The summed E-state index contributed by atoms with van der Waals surface area (Å²) in [6.45, 7) is 9.90. The minimum Gasteiger partial charge on any atom is -0.351 e. The highest BCUT2D eigenvalue weighted by atomic mass is 19.1. The number of piperidine rings is 2. The standard InChI is InChI=1S/C33H54FN7O2/c1-3-33(4-2)13-9-24(34)20-38-27(19-33)29(30(35)36)31(42)39-28-21-37-14-10-26(28)22-5-7-23(8-6-22)32(43)41-18-17-40-15-11-25(41)12-16-40/h5-8,24-30,37-38H,3-4,9-21,35-36H2,1-2H3,(H,39,42). The van der Waals surface area contributed by atoms with Crippen molar-refractivity contribution in [3.05, 3.63) is 35.4 Å². The van der Waals surface area contributed by atoms with Crippen molar-refractivity contribution in [1.82, 2.24) is 25.8 Å². The molecule has 240 valence electrons. The first kappa shape index (κ1) is 32.3. The van der Waals surface area contributed by atoms with Crippen LogP contribution in [0.3, 0.4) is 0 Å². The molecule has 6 rings (SSSR count). The van der Waals surface area contributed by atoms with Gasteiger partial charge in [0.1, 0.15) is 6.17 Å². The molecule has 1 aromatic rings. The van der Waals surface area contributed by atoms with Crippen molar-refractivity contribution in [2.24, 2.45) is 22.8 Å². The highest BCUT2D eigenvalue weighted by Gasteiger charge is 2.41. The first-order chi connectivity index (χ1) is 20.7. The number of amides is 2. The van der Waals surface area contributed by atoms with Crippen molar-refractivity contribution in [3.63, 3.8) is 0 Å². The molecule has 2 amide bonds. The Labute approximate surface area is 257 Å². The number of nitrogens with one attached hydrogen (secondary N) is 3. The molecule has 5 saturated heterocycles. The van der Waals surface area contributed by atoms with Crippen molar-refractivity contribution in [2.45, 2.75) is 102 Å². The first-order valence-electron chi connectivity index (χ1n) is 16.8. The smallest absolute Gasteiger partial charge is 0.254 e. The van der Waals surface area contributed by atoms with E-state index < -0.39 is 18.3 Å². The maximum absolute atomic E-state index is 14.7. The maximum atomic E-state index is 14.7. The van der Waals surface area contributed by atoms with Crippen LogP contribution in [0, 0.1) is 11.3 Å². The minimum absolute atomic E-state index is 0.0472. The Balaban J connectivity index is 1.28. The van der Waals surface area contributed by atoms with Crippen LogP contribution in [0.1, 0.15) is 87.1 Å². The number of benzene rings is 1. The molecule has 5 unspecified atom stereocenters. The molecular weight excluding hydrogens is 545 g/mol. The molecule has 0 radical (unpaired) electrons. The van der Waals surface area contributed by atoms with Crippen LogP contribution in [0.5, 0.6) is 0 Å². The van der Waals surface area contributed by atoms with Gasteiger partial charge in [0.2, 0.25) is 5.91 Å². The normalized spacial score (nSPS) is 32.0. The van der Waals surface area contributed by atoms with Crippen LogP contribution < -0.4 is 27.4 Å². The quantitative estimate of drug-likeness (QED) is 0.290. The number of rotatable bonds is 8. The number of carbonyl (C=O) groups excluding carboxylic acids is 2. The summed E-state index contributed by atoms with van der Waals surface area (Å²) in [6, 6.07) is 7.91. The number of nitrogens with zero attached hydrogens (tertiary/aromatic N) is 2. The average Bonchev–Trinajstić information content (AvgIpc) is 3.35. The summed E-state index contributed by atoms with van der Waals surface area (Å²) >= 11 is 0. The summed E-state index contributed by atoms with van der Waals surface area (Å²) in [5.74, 6) is -0.642. The van der Waals surface area contributed by atoms with Crippen molar-refractivity contribution in [2.75, 3.05) is 45.8 Å². The van der Waals surface area contributed by atoms with Crippen LogP contribution in [0.25, 0.3) is 0 Å². The predicted molar refractivity (Wildman–Crippen MR) is 168 cm³/mol. The van der Waals surface area contributed by atoms with Gasteiger partial charge in [-0.2, -0.15) is 0 Å². The number of halogens is 1. The van der Waals surface area contributed by atoms with Gasteiger partial charge < -0.3 is 37.2 Å². The summed E-state index contributed by atoms with van der Waals surface area (Å²) in [5.41, 5.74) is 14.4. The molecule has 1 aromatic carbocycles. The van der Waals surface area contributed by atoms with E-state index >= 15 is 0 Å². The number of fused-ring (bicyclic) bond motifs is 4. The molecule has 0 saturated carbocycles. The highest BCUT2D eigenvalue weighted by molar-refractivity contribution is 5.94. The molecule has 7 N–H and O–H groups in total. The van der Waals surface area contributed by atoms with Crippen molar-refractivity contribution < 1.29 is 14.0 Å². The van der Waals surface area contributed by atoms with Crippen molar-refractivity contribution in [1.29, 1.82) is 0 Å². The zero-order chi connectivity index (χ0) is 30.6. The highest BCUT2D eigenvalue weighted by Crippen LogP contribution is 2.40. The second kappa shape index (κ2) is 14.3. The number of hydrogen-bond donors (Lipinski definition) is 5. The number of nitrogens with two attached hydrogens (primary N) is 2. The fraction of sp³-hybridized carbons (Fsp3) is 0.758. The van der Waals surface area contributed by atoms with Crippen LogP contribution in [-0.4, -0.2) is 97.9 Å². The lowest BCUT2D eigenvalue weighted by molar-refractivity contribution is -0.128. The van der Waals surface area contributed by atoms with Gasteiger partial charge in [-0.05, 0) is 68.2 Å². The minimum atomic E-state index is -0.952. The summed E-state index contributed by atoms with van der Waals surface area (Å²) < 4.78 is 14.7. The van der Waals surface area contributed by atoms with Gasteiger partial charge in [0.25, 0.3) is 5.91 Å². The molecule has 5 atom stereocenters. The van der Waals surface area contributed by atoms with Crippen molar-refractivity contribution in [3.8, 4) is 0 Å². The van der Waals surface area contributed by atoms with Crippen LogP contribution in [0.4, 0.5) is 4.39 Å². The first-order valence-corrected chi connectivity index (χ1v) is 16.8. The van der Waals surface area contributed by atoms with E-state index in [-0.39, 0.29) is 41.8 Å². The van der Waals surface area contributed by atoms with E-state index in [1.807, 2.05) is 12.1 Å². The van der Waals surface area contributed by atoms with Gasteiger partial charge >= 0.3 is 0 Å². The van der Waals surface area contributed by atoms with Gasteiger partial charge in [0, 0.05) is 68.9 Å². The maximum Gasteiger partial charge on any atom is 0.254 e. The third-order valence-corrected chi connectivity index (χ3v) is 11.2. The Hall–Kier alpha value is -2.11. The van der Waals surface area contributed by atoms with E-state index in [1.54, 1.807) is 0 Å². The van der Waals surface area contributed by atoms with Gasteiger partial charge in [-0.15, -0.1) is 0 Å². The Morgan fingerprint density at radius 1 is 1.02 bits per heavy atom. The number of alkyl halides is 1. The molecule has 0 aromatic heterocycles. The predicted octanol–water partition coefficient (Wildman–Crippen LogP) is 2.31. The Morgan fingerprint density at radius 3 is 2.42 bits per heavy atom. The van der Waals surface area contributed by atoms with E-state index in [0.717, 1.165) is 88.8 Å². The molecule has 5 heterocycles. The topological polar surface area (TPSA) is 129 Å². The fourth-order valence-corrected chi connectivity index (χ4v) is 8.14. The lowest BCUT2D eigenvalue weighted by atomic mass is 9.70. The summed E-state index contributed by atoms with van der Waals surface area (Å²) in [4.78, 5) is 31.9. The Bertz CT molecular complexity index is 1070. The van der Waals surface area contributed by atoms with Crippen molar-refractivity contribution >= 4 is 11.8 Å². The molecule has 9 nitrogen and oxygen atoms in total. The molecule has 5 aliphatic heterocycles. The fourth-order valence-electron chi connectivity index (χ4n) is 8.14. The molecule has 43 heavy (non-hydrogen) atoms. The largest absolute Gasteiger partial charge is 0.351 e. The van der Waals surface area contributed by atoms with Gasteiger partial charge in [-0.25, -0.2) is 4.39 Å². The SMILES string of the molecule is CCC1(CC)CCC(F)CNC(C(C(=O)NC2CNCCC2c2ccc(C(=O)N3CCN4CCC3CC4)cc2)C(N)N)C1. The van der Waals surface area contributed by atoms with E-state index in [4.69, 9.17) is 11.5 Å². The molecular formula is C33H54FN7O2. The summed E-state index contributed by atoms with van der Waals surface area (Å²) in [5, 5.41) is 10.1. The monoisotopic (exact) mass is 599 g/mol. The molecule has 5 aliphatic rings. The zero-order valence-electron chi connectivity index (χ0n) is 26.2. The molecule has 0 aliphatic carbocycles. The number of carbonyl (C=O) groups is 2. The van der Waals surface area contributed by atoms with Gasteiger partial charge in [0.05, 0.1) is 12.1 Å². The van der Waals surface area contributed by atoms with E-state index in [0.29, 0.717) is 19.0 Å². The van der Waals surface area contributed by atoms with E-state index in [2.05, 4.69) is 51.7 Å². The average molecular weight is 600 g/mol. The second-order valence-electron chi connectivity index (χ2n) is 13.6. The van der Waals surface area contributed by atoms with Crippen LogP contribution >= 0.6 is 0 Å². The second-order valence-corrected chi connectivity index (χ2v) is 13.6. The van der Waals surface area contributed by atoms with E-state index in [9.17, 15) is 14.0 Å². The molecule has 10 heteroatoms. The van der Waals surface area contributed by atoms with Crippen LogP contribution in [0.2, 0.25) is 0 Å².